The molecule has 3 aliphatic rings. The summed E-state index contributed by atoms with van der Waals surface area (Å²) in [5.41, 5.74) is 7.10. The van der Waals surface area contributed by atoms with Crippen molar-refractivity contribution in [3.63, 3.8) is 0 Å². The molecule has 4 aromatic rings. The zero-order chi connectivity index (χ0) is 28.2. The first-order valence-corrected chi connectivity index (χ1v) is 14.9. The fourth-order valence-electron chi connectivity index (χ4n) is 6.54. The second-order valence-corrected chi connectivity index (χ2v) is 11.9. The molecular weight excluding hydrogens is 584 g/mol. The molecule has 41 heavy (non-hydrogen) atoms. The predicted molar refractivity (Wildman–Crippen MR) is 158 cm³/mol. The zero-order valence-electron chi connectivity index (χ0n) is 22.8. The average molecular weight is 616 g/mol. The summed E-state index contributed by atoms with van der Waals surface area (Å²) in [4.78, 5) is 38.3. The lowest BCUT2D eigenvalue weighted by molar-refractivity contribution is -0.128. The number of nitrogens with zero attached hydrogens (tertiary/aromatic N) is 5. The predicted octanol–water partition coefficient (Wildman–Crippen LogP) is 5.23. The number of nitrogens with one attached hydrogen (secondary N) is 1. The lowest BCUT2D eigenvalue weighted by atomic mass is 9.80. The van der Waals surface area contributed by atoms with Gasteiger partial charge in [0.1, 0.15) is 11.6 Å². The van der Waals surface area contributed by atoms with Gasteiger partial charge in [-0.1, -0.05) is 25.1 Å². The molecule has 0 radical (unpaired) electrons. The number of imidazole rings is 1. The van der Waals surface area contributed by atoms with Gasteiger partial charge in [0.05, 0.1) is 47.1 Å². The van der Waals surface area contributed by atoms with Gasteiger partial charge < -0.3 is 19.5 Å². The van der Waals surface area contributed by atoms with Crippen LogP contribution in [0.25, 0.3) is 16.7 Å². The van der Waals surface area contributed by atoms with Gasteiger partial charge in [0.2, 0.25) is 5.91 Å². The highest BCUT2D eigenvalue weighted by Gasteiger charge is 2.43. The van der Waals surface area contributed by atoms with Crippen molar-refractivity contribution in [2.75, 3.05) is 26.7 Å². The minimum atomic E-state index is -0.435. The molecule has 1 N–H and O–H groups in total. The number of aromatic amines is 1. The maximum Gasteiger partial charge on any atom is 0.256 e. The lowest BCUT2D eigenvalue weighted by Crippen LogP contribution is -2.46. The van der Waals surface area contributed by atoms with Crippen molar-refractivity contribution in [1.82, 2.24) is 29.5 Å². The molecule has 1 fully saturated rings. The number of hydrogen-bond acceptors (Lipinski definition) is 5. The zero-order valence-corrected chi connectivity index (χ0v) is 24.4. The Kier molecular flexibility index (Phi) is 6.54. The standard InChI is InChI=1S/C31H31BrN6O3/c1-3-26(39)36-15-24-27-23(13-14-37(24)31(40)21-11-12-22(32)29-28(21)33-17-34-29)38(35-30(27)25(16-36)41-2)20-9-7-19(8-10-20)18-5-4-6-18/h3,7-12,17-18,24-25H,1,4-6,13-16H2,2H3,(H,33,34). The van der Waals surface area contributed by atoms with Crippen LogP contribution in [0.1, 0.15) is 70.2 Å². The summed E-state index contributed by atoms with van der Waals surface area (Å²) in [6, 6.07) is 12.0. The van der Waals surface area contributed by atoms with Crippen LogP contribution in [0.2, 0.25) is 0 Å². The summed E-state index contributed by atoms with van der Waals surface area (Å²) in [6.07, 6.45) is 6.92. The third-order valence-electron chi connectivity index (χ3n) is 8.94. The van der Waals surface area contributed by atoms with Crippen LogP contribution in [-0.2, 0) is 16.0 Å². The second-order valence-electron chi connectivity index (χ2n) is 11.0. The average Bonchev–Trinajstić information content (AvgIpc) is 3.57. The second kappa shape index (κ2) is 10.3. The quantitative estimate of drug-likeness (QED) is 0.310. The molecule has 9 nitrogen and oxygen atoms in total. The number of amides is 2. The van der Waals surface area contributed by atoms with E-state index in [1.54, 1.807) is 18.3 Å². The fraction of sp³-hybridized carbons (Fsp3) is 0.355. The van der Waals surface area contributed by atoms with Crippen LogP contribution in [0, 0.1) is 0 Å². The Labute approximate surface area is 246 Å². The molecule has 2 amide bonds. The van der Waals surface area contributed by atoms with Gasteiger partial charge in [-0.25, -0.2) is 9.67 Å². The minimum Gasteiger partial charge on any atom is -0.373 e. The van der Waals surface area contributed by atoms with E-state index >= 15 is 0 Å². The number of halogens is 1. The Hall–Kier alpha value is -3.76. The monoisotopic (exact) mass is 614 g/mol. The van der Waals surface area contributed by atoms with Crippen LogP contribution in [0.15, 0.2) is 59.9 Å². The molecule has 7 rings (SSSR count). The first kappa shape index (κ1) is 26.2. The van der Waals surface area contributed by atoms with E-state index in [9.17, 15) is 9.59 Å². The molecule has 1 aliphatic carbocycles. The summed E-state index contributed by atoms with van der Waals surface area (Å²) in [7, 11) is 1.64. The molecule has 0 spiro atoms. The van der Waals surface area contributed by atoms with E-state index in [0.29, 0.717) is 48.6 Å². The normalized spacial score (nSPS) is 20.4. The number of aromatic nitrogens is 4. The van der Waals surface area contributed by atoms with E-state index < -0.39 is 12.1 Å². The van der Waals surface area contributed by atoms with Gasteiger partial charge in [-0.2, -0.15) is 5.10 Å². The van der Waals surface area contributed by atoms with Crippen LogP contribution in [-0.4, -0.2) is 68.1 Å². The molecule has 2 aromatic heterocycles. The first-order chi connectivity index (χ1) is 20.0. The molecule has 1 saturated carbocycles. The van der Waals surface area contributed by atoms with Crippen LogP contribution < -0.4 is 0 Å². The molecule has 0 bridgehead atoms. The van der Waals surface area contributed by atoms with Crippen molar-refractivity contribution in [3.8, 4) is 5.69 Å². The van der Waals surface area contributed by atoms with Gasteiger partial charge in [-0.15, -0.1) is 0 Å². The Morgan fingerprint density at radius 2 is 1.95 bits per heavy atom. The van der Waals surface area contributed by atoms with Crippen LogP contribution in [0.5, 0.6) is 0 Å². The summed E-state index contributed by atoms with van der Waals surface area (Å²) in [6.45, 7) is 4.85. The smallest absolute Gasteiger partial charge is 0.256 e. The summed E-state index contributed by atoms with van der Waals surface area (Å²) in [5.74, 6) is 0.343. The van der Waals surface area contributed by atoms with Gasteiger partial charge in [-0.05, 0) is 70.6 Å². The van der Waals surface area contributed by atoms with Crippen molar-refractivity contribution < 1.29 is 14.3 Å². The van der Waals surface area contributed by atoms with Gasteiger partial charge >= 0.3 is 0 Å². The molecule has 210 valence electrons. The van der Waals surface area contributed by atoms with Gasteiger partial charge in [0.15, 0.2) is 0 Å². The van der Waals surface area contributed by atoms with E-state index in [-0.39, 0.29) is 11.8 Å². The van der Waals surface area contributed by atoms with Crippen LogP contribution >= 0.6 is 15.9 Å². The van der Waals surface area contributed by atoms with Crippen molar-refractivity contribution in [1.29, 1.82) is 0 Å². The van der Waals surface area contributed by atoms with Crippen LogP contribution in [0.4, 0.5) is 0 Å². The van der Waals surface area contributed by atoms with E-state index in [2.05, 4.69) is 56.7 Å². The summed E-state index contributed by atoms with van der Waals surface area (Å²) < 4.78 is 8.77. The lowest BCUT2D eigenvalue weighted by Gasteiger charge is -2.37. The third kappa shape index (κ3) is 4.23. The summed E-state index contributed by atoms with van der Waals surface area (Å²) in [5, 5.41) is 5.11. The number of fused-ring (bicyclic) bond motifs is 1. The number of H-pyrrole nitrogens is 1. The van der Waals surface area contributed by atoms with Crippen molar-refractivity contribution >= 4 is 38.8 Å². The maximum atomic E-state index is 14.2. The van der Waals surface area contributed by atoms with E-state index in [4.69, 9.17) is 9.84 Å². The highest BCUT2D eigenvalue weighted by molar-refractivity contribution is 9.10. The molecule has 10 heteroatoms. The molecule has 2 aromatic carbocycles. The number of ether oxygens (including phenoxy) is 1. The largest absolute Gasteiger partial charge is 0.373 e. The van der Waals surface area contributed by atoms with E-state index in [1.165, 1.54) is 30.9 Å². The number of methoxy groups -OCH3 is 1. The number of carbonyl (C=O) groups excluding carboxylic acids is 2. The minimum absolute atomic E-state index is 0.118. The first-order valence-electron chi connectivity index (χ1n) is 14.1. The number of hydrogen-bond donors (Lipinski definition) is 1. The fourth-order valence-corrected chi connectivity index (χ4v) is 6.97. The Bertz CT molecular complexity index is 1670. The molecule has 2 atom stereocenters. The maximum absolute atomic E-state index is 14.2. The topological polar surface area (TPSA) is 96.4 Å². The number of carbonyl (C=O) groups is 2. The van der Waals surface area contributed by atoms with Crippen molar-refractivity contribution in [2.45, 2.75) is 43.7 Å². The molecule has 2 unspecified atom stereocenters. The molecular formula is C31H31BrN6O3. The molecule has 2 aliphatic heterocycles. The third-order valence-corrected chi connectivity index (χ3v) is 9.58. The van der Waals surface area contributed by atoms with E-state index in [1.807, 2.05) is 21.7 Å². The van der Waals surface area contributed by atoms with Crippen LogP contribution in [0.3, 0.4) is 0 Å². The number of benzene rings is 2. The highest BCUT2D eigenvalue weighted by atomic mass is 79.9. The van der Waals surface area contributed by atoms with Crippen molar-refractivity contribution in [3.05, 3.63) is 87.9 Å². The van der Waals surface area contributed by atoms with Gasteiger partial charge in [0, 0.05) is 36.7 Å². The Balaban J connectivity index is 1.33. The molecule has 4 heterocycles. The van der Waals surface area contributed by atoms with Crippen molar-refractivity contribution in [2.24, 2.45) is 0 Å². The van der Waals surface area contributed by atoms with Gasteiger partial charge in [0.25, 0.3) is 5.91 Å². The Morgan fingerprint density at radius 3 is 2.66 bits per heavy atom. The highest BCUT2D eigenvalue weighted by Crippen LogP contribution is 2.42. The number of rotatable bonds is 5. The SMILES string of the molecule is C=CC(=O)N1CC(OC)c2nn(-c3ccc(C4CCC4)cc3)c3c2C(C1)N(C(=O)c1ccc(Br)c2nc[nH]c12)CC3. The Morgan fingerprint density at radius 1 is 1.15 bits per heavy atom. The summed E-state index contributed by atoms with van der Waals surface area (Å²) >= 11 is 3.54. The van der Waals surface area contributed by atoms with Gasteiger partial charge in [-0.3, -0.25) is 9.59 Å². The molecule has 0 saturated heterocycles. The van der Waals surface area contributed by atoms with E-state index in [0.717, 1.165) is 27.1 Å².